The molecule has 1 aliphatic carbocycles. The Kier molecular flexibility index (Phi) is 5.96. The molecule has 1 aromatic carbocycles. The minimum Gasteiger partial charge on any atom is -0.433 e. The fraction of sp³-hybridized carbons (Fsp3) is 0.412. The summed E-state index contributed by atoms with van der Waals surface area (Å²) in [6, 6.07) is 2.47. The topological polar surface area (TPSA) is 56.1 Å². The lowest BCUT2D eigenvalue weighted by atomic mass is 10.2. The number of halogens is 7. The molecule has 3 rings (SSSR count). The Balaban J connectivity index is 1.83. The van der Waals surface area contributed by atoms with Gasteiger partial charge in [-0.25, -0.2) is 0 Å². The van der Waals surface area contributed by atoms with Gasteiger partial charge in [0.2, 0.25) is 5.91 Å². The van der Waals surface area contributed by atoms with E-state index in [1.54, 1.807) is 0 Å². The molecule has 1 unspecified atom stereocenters. The van der Waals surface area contributed by atoms with Gasteiger partial charge in [0.05, 0.1) is 15.7 Å². The Morgan fingerprint density at radius 1 is 1.31 bits per heavy atom. The van der Waals surface area contributed by atoms with Crippen LogP contribution >= 0.6 is 23.2 Å². The number of hydrogen-bond acceptors (Lipinski definition) is 3. The van der Waals surface area contributed by atoms with Crippen molar-refractivity contribution in [2.45, 2.75) is 44.5 Å². The summed E-state index contributed by atoms with van der Waals surface area (Å²) in [6.45, 7) is -1.69. The van der Waals surface area contributed by atoms with Crippen molar-refractivity contribution in [3.05, 3.63) is 39.6 Å². The van der Waals surface area contributed by atoms with E-state index in [0.717, 1.165) is 10.7 Å². The van der Waals surface area contributed by atoms with Gasteiger partial charge in [0.15, 0.2) is 5.69 Å². The van der Waals surface area contributed by atoms with Crippen molar-refractivity contribution < 1.29 is 31.5 Å². The fourth-order valence-corrected chi connectivity index (χ4v) is 3.37. The predicted octanol–water partition coefficient (Wildman–Crippen LogP) is 5.89. The molecule has 0 bridgehead atoms. The number of rotatable bonds is 6. The van der Waals surface area contributed by atoms with Crippen molar-refractivity contribution in [1.82, 2.24) is 9.78 Å². The Morgan fingerprint density at radius 3 is 2.48 bits per heavy atom. The lowest BCUT2D eigenvalue weighted by molar-refractivity contribution is -0.141. The van der Waals surface area contributed by atoms with Gasteiger partial charge in [-0.1, -0.05) is 23.2 Å². The third-order valence-electron chi connectivity index (χ3n) is 4.28. The van der Waals surface area contributed by atoms with Crippen molar-refractivity contribution >= 4 is 34.8 Å². The highest BCUT2D eigenvalue weighted by molar-refractivity contribution is 6.32. The summed E-state index contributed by atoms with van der Waals surface area (Å²) in [6.07, 6.45) is -3.45. The predicted molar refractivity (Wildman–Crippen MR) is 95.6 cm³/mol. The van der Waals surface area contributed by atoms with E-state index in [0.29, 0.717) is 12.8 Å². The Labute approximate surface area is 171 Å². The first-order valence-corrected chi connectivity index (χ1v) is 9.15. The smallest absolute Gasteiger partial charge is 0.433 e. The van der Waals surface area contributed by atoms with E-state index in [1.807, 2.05) is 0 Å². The maximum Gasteiger partial charge on any atom is 0.436 e. The highest BCUT2D eigenvalue weighted by atomic mass is 35.5. The maximum atomic E-state index is 13.2. The molecule has 1 aromatic heterocycles. The van der Waals surface area contributed by atoms with Crippen LogP contribution < -0.4 is 10.1 Å². The minimum atomic E-state index is -4.75. The normalized spacial score (nSPS) is 15.5. The van der Waals surface area contributed by atoms with E-state index in [-0.39, 0.29) is 28.1 Å². The second-order valence-corrected chi connectivity index (χ2v) is 7.24. The molecule has 0 aliphatic heterocycles. The number of ether oxygens (including phenoxy) is 1. The minimum absolute atomic E-state index is 0.149. The van der Waals surface area contributed by atoms with Gasteiger partial charge in [0.25, 0.3) is 0 Å². The molecule has 5 nitrogen and oxygen atoms in total. The molecule has 1 N–H and O–H groups in total. The van der Waals surface area contributed by atoms with Crippen LogP contribution in [-0.2, 0) is 11.0 Å². The molecule has 1 amide bonds. The van der Waals surface area contributed by atoms with Crippen LogP contribution in [-0.4, -0.2) is 22.3 Å². The molecule has 1 saturated carbocycles. The monoisotopic (exact) mass is 457 g/mol. The number of hydrogen-bond donors (Lipinski definition) is 1. The molecule has 0 saturated heterocycles. The van der Waals surface area contributed by atoms with Gasteiger partial charge in [-0.05, 0) is 38.0 Å². The number of aromatic nitrogens is 2. The largest absolute Gasteiger partial charge is 0.436 e. The van der Waals surface area contributed by atoms with E-state index < -0.39 is 35.5 Å². The molecule has 1 heterocycles. The molecule has 12 heteroatoms. The van der Waals surface area contributed by atoms with Crippen molar-refractivity contribution in [1.29, 1.82) is 0 Å². The summed E-state index contributed by atoms with van der Waals surface area (Å²) in [5, 5.41) is 5.33. The van der Waals surface area contributed by atoms with Gasteiger partial charge in [-0.3, -0.25) is 9.48 Å². The number of carbonyl (C=O) groups excluding carboxylic acids is 1. The first kappa shape index (κ1) is 21.6. The van der Waals surface area contributed by atoms with E-state index in [2.05, 4.69) is 15.2 Å². The van der Waals surface area contributed by atoms with Gasteiger partial charge in [0, 0.05) is 11.6 Å². The van der Waals surface area contributed by atoms with E-state index >= 15 is 0 Å². The summed E-state index contributed by atoms with van der Waals surface area (Å²) < 4.78 is 69.3. The quantitative estimate of drug-likeness (QED) is 0.550. The summed E-state index contributed by atoms with van der Waals surface area (Å²) in [5.41, 5.74) is -0.923. The second-order valence-electron chi connectivity index (χ2n) is 6.45. The summed E-state index contributed by atoms with van der Waals surface area (Å²) in [4.78, 5) is 12.6. The van der Waals surface area contributed by atoms with Gasteiger partial charge >= 0.3 is 12.8 Å². The number of alkyl halides is 5. The van der Waals surface area contributed by atoms with Gasteiger partial charge < -0.3 is 10.1 Å². The molecule has 0 spiro atoms. The standard InChI is InChI=1S/C17H14Cl2F5N3O2/c1-7(15(28)25-9-4-5-11(10(18)6-9)29-16(20)21)27-13(8-2-3-8)12(19)14(26-27)17(22,23)24/h4-8,16H,2-3H2,1H3,(H,25,28). The van der Waals surface area contributed by atoms with Crippen molar-refractivity contribution in [3.8, 4) is 5.75 Å². The summed E-state index contributed by atoms with van der Waals surface area (Å²) >= 11 is 11.7. The second kappa shape index (κ2) is 7.98. The zero-order valence-corrected chi connectivity index (χ0v) is 16.2. The first-order valence-electron chi connectivity index (χ1n) is 8.39. The lowest BCUT2D eigenvalue weighted by Crippen LogP contribution is -2.26. The zero-order valence-electron chi connectivity index (χ0n) is 14.7. The first-order chi connectivity index (χ1) is 13.5. The van der Waals surface area contributed by atoms with E-state index in [9.17, 15) is 26.7 Å². The zero-order chi connectivity index (χ0) is 21.5. The lowest BCUT2D eigenvalue weighted by Gasteiger charge is -2.16. The third kappa shape index (κ3) is 4.75. The maximum absolute atomic E-state index is 13.2. The number of amides is 1. The summed E-state index contributed by atoms with van der Waals surface area (Å²) in [7, 11) is 0. The van der Waals surface area contributed by atoms with Crippen molar-refractivity contribution in [2.75, 3.05) is 5.32 Å². The van der Waals surface area contributed by atoms with Crippen LogP contribution in [0.2, 0.25) is 10.0 Å². The molecule has 0 radical (unpaired) electrons. The molecular weight excluding hydrogens is 444 g/mol. The van der Waals surface area contributed by atoms with Crippen LogP contribution in [0.25, 0.3) is 0 Å². The molecule has 1 atom stereocenters. The highest BCUT2D eigenvalue weighted by Crippen LogP contribution is 2.47. The molecule has 1 aliphatic rings. The van der Waals surface area contributed by atoms with Gasteiger partial charge in [-0.15, -0.1) is 0 Å². The van der Waals surface area contributed by atoms with Crippen LogP contribution in [0.1, 0.15) is 43.1 Å². The average molecular weight is 458 g/mol. The highest BCUT2D eigenvalue weighted by Gasteiger charge is 2.43. The number of carbonyl (C=O) groups is 1. The molecule has 1 fully saturated rings. The van der Waals surface area contributed by atoms with Crippen LogP contribution in [0, 0.1) is 0 Å². The molecule has 158 valence electrons. The van der Waals surface area contributed by atoms with Crippen LogP contribution in [0.3, 0.4) is 0 Å². The molecular formula is C17H14Cl2F5N3O2. The van der Waals surface area contributed by atoms with Gasteiger partial charge in [-0.2, -0.15) is 27.1 Å². The third-order valence-corrected chi connectivity index (χ3v) is 4.95. The van der Waals surface area contributed by atoms with E-state index in [4.69, 9.17) is 23.2 Å². The molecule has 2 aromatic rings. The fourth-order valence-electron chi connectivity index (χ4n) is 2.75. The number of anilines is 1. The van der Waals surface area contributed by atoms with Gasteiger partial charge in [0.1, 0.15) is 11.8 Å². The summed E-state index contributed by atoms with van der Waals surface area (Å²) in [5.74, 6) is -1.16. The number of nitrogens with zero attached hydrogens (tertiary/aromatic N) is 2. The van der Waals surface area contributed by atoms with E-state index in [1.165, 1.54) is 19.1 Å². The Hall–Kier alpha value is -2.07. The van der Waals surface area contributed by atoms with Crippen molar-refractivity contribution in [2.24, 2.45) is 0 Å². The number of nitrogens with one attached hydrogen (secondary N) is 1. The Bertz CT molecular complexity index is 929. The van der Waals surface area contributed by atoms with Crippen molar-refractivity contribution in [3.63, 3.8) is 0 Å². The Morgan fingerprint density at radius 2 is 1.97 bits per heavy atom. The van der Waals surface area contributed by atoms with Crippen LogP contribution in [0.15, 0.2) is 18.2 Å². The SMILES string of the molecule is CC(C(=O)Nc1ccc(OC(F)F)c(Cl)c1)n1nc(C(F)(F)F)c(Cl)c1C1CC1. The van der Waals surface area contributed by atoms with Crippen LogP contribution in [0.5, 0.6) is 5.75 Å². The molecule has 29 heavy (non-hydrogen) atoms. The number of benzene rings is 1. The average Bonchev–Trinajstić information content (AvgIpc) is 3.37. The van der Waals surface area contributed by atoms with Crippen LogP contribution in [0.4, 0.5) is 27.6 Å².